The van der Waals surface area contributed by atoms with Gasteiger partial charge in [0.25, 0.3) is 5.56 Å². The van der Waals surface area contributed by atoms with Crippen molar-refractivity contribution in [3.05, 3.63) is 21.6 Å². The second-order valence-corrected chi connectivity index (χ2v) is 6.49. The van der Waals surface area contributed by atoms with Crippen LogP contribution in [0, 0.1) is 5.41 Å². The van der Waals surface area contributed by atoms with E-state index < -0.39 is 0 Å². The second kappa shape index (κ2) is 7.80. The molecule has 1 aromatic heterocycles. The minimum Gasteiger partial charge on any atom is -0.369 e. The molecule has 120 valence electrons. The van der Waals surface area contributed by atoms with Crippen molar-refractivity contribution in [3.63, 3.8) is 0 Å². The summed E-state index contributed by atoms with van der Waals surface area (Å²) in [5.74, 6) is 0. The number of aromatic nitrogens is 2. The molecule has 0 saturated heterocycles. The van der Waals surface area contributed by atoms with Crippen LogP contribution in [-0.4, -0.2) is 29.4 Å². The summed E-state index contributed by atoms with van der Waals surface area (Å²) in [7, 11) is 0. The Morgan fingerprint density at radius 3 is 2.62 bits per heavy atom. The smallest absolute Gasteiger partial charge is 0.287 e. The van der Waals surface area contributed by atoms with Gasteiger partial charge in [0.05, 0.1) is 11.9 Å². The molecule has 0 fully saturated rings. The topological polar surface area (TPSA) is 64.2 Å². The number of nitrogens with two attached hydrogens (primary N) is 1. The van der Waals surface area contributed by atoms with E-state index in [1.54, 1.807) is 6.20 Å². The van der Waals surface area contributed by atoms with Crippen LogP contribution in [0.3, 0.4) is 0 Å². The molecular weight excluding hydrogens is 288 g/mol. The number of rotatable bonds is 8. The van der Waals surface area contributed by atoms with Gasteiger partial charge in [0.15, 0.2) is 0 Å². The molecule has 5 nitrogen and oxygen atoms in total. The molecule has 1 rings (SSSR count). The van der Waals surface area contributed by atoms with E-state index in [1.807, 2.05) is 6.92 Å². The maximum atomic E-state index is 12.3. The van der Waals surface area contributed by atoms with Crippen molar-refractivity contribution in [2.75, 3.05) is 24.5 Å². The van der Waals surface area contributed by atoms with Crippen molar-refractivity contribution in [2.24, 2.45) is 11.1 Å². The molecule has 0 bridgehead atoms. The molecule has 6 heteroatoms. The van der Waals surface area contributed by atoms with Crippen LogP contribution >= 0.6 is 11.6 Å². The van der Waals surface area contributed by atoms with Gasteiger partial charge in [0.1, 0.15) is 5.02 Å². The van der Waals surface area contributed by atoms with Crippen LogP contribution in [0.25, 0.3) is 0 Å². The predicted molar refractivity (Wildman–Crippen MR) is 89.1 cm³/mol. The largest absolute Gasteiger partial charge is 0.369 e. The Bertz CT molecular complexity index is 513. The Morgan fingerprint density at radius 2 is 2.10 bits per heavy atom. The third-order valence-electron chi connectivity index (χ3n) is 3.58. The van der Waals surface area contributed by atoms with Crippen molar-refractivity contribution < 1.29 is 0 Å². The highest BCUT2D eigenvalue weighted by atomic mass is 35.5. The molecule has 1 aromatic rings. The lowest BCUT2D eigenvalue weighted by molar-refractivity contribution is 0.379. The lowest BCUT2D eigenvalue weighted by atomic mass is 9.93. The van der Waals surface area contributed by atoms with Crippen LogP contribution in [0.2, 0.25) is 5.02 Å². The number of aryl methyl sites for hydroxylation is 1. The third-order valence-corrected chi connectivity index (χ3v) is 3.94. The maximum absolute atomic E-state index is 12.3. The summed E-state index contributed by atoms with van der Waals surface area (Å²) in [5, 5.41) is 4.49. The van der Waals surface area contributed by atoms with Crippen LogP contribution in [0.4, 0.5) is 5.69 Å². The lowest BCUT2D eigenvalue weighted by Gasteiger charge is -2.32. The first-order valence-corrected chi connectivity index (χ1v) is 7.94. The Labute approximate surface area is 132 Å². The molecule has 0 aliphatic rings. The number of nitrogens with zero attached hydrogens (tertiary/aromatic N) is 3. The maximum Gasteiger partial charge on any atom is 0.287 e. The van der Waals surface area contributed by atoms with E-state index in [0.717, 1.165) is 25.9 Å². The van der Waals surface area contributed by atoms with E-state index in [1.165, 1.54) is 4.68 Å². The average molecular weight is 315 g/mol. The fraction of sp³-hybridized carbons (Fsp3) is 0.733. The van der Waals surface area contributed by atoms with Gasteiger partial charge in [0, 0.05) is 19.6 Å². The Hall–Kier alpha value is -1.07. The Kier molecular flexibility index (Phi) is 6.68. The standard InChI is InChI=1S/C15H27ClN4O/c1-5-7-8-20-14(21)13(16)12(9-18-20)19(6-2)11-15(3,4)10-17/h9H,5-8,10-11,17H2,1-4H3. The predicted octanol–water partition coefficient (Wildman–Crippen LogP) is 2.51. The van der Waals surface area contributed by atoms with Gasteiger partial charge in [-0.2, -0.15) is 5.10 Å². The number of hydrogen-bond donors (Lipinski definition) is 1. The van der Waals surface area contributed by atoms with Gasteiger partial charge >= 0.3 is 0 Å². The van der Waals surface area contributed by atoms with Gasteiger partial charge < -0.3 is 10.6 Å². The molecule has 2 N–H and O–H groups in total. The van der Waals surface area contributed by atoms with Crippen LogP contribution in [0.15, 0.2) is 11.0 Å². The highest BCUT2D eigenvalue weighted by Gasteiger charge is 2.22. The molecule has 0 spiro atoms. The van der Waals surface area contributed by atoms with E-state index >= 15 is 0 Å². The zero-order valence-electron chi connectivity index (χ0n) is 13.5. The quantitative estimate of drug-likeness (QED) is 0.800. The molecule has 0 radical (unpaired) electrons. The highest BCUT2D eigenvalue weighted by Crippen LogP contribution is 2.25. The van der Waals surface area contributed by atoms with Gasteiger partial charge in [-0.05, 0) is 25.3 Å². The normalized spacial score (nSPS) is 11.7. The fourth-order valence-corrected chi connectivity index (χ4v) is 2.36. The van der Waals surface area contributed by atoms with Crippen LogP contribution in [0.5, 0.6) is 0 Å². The van der Waals surface area contributed by atoms with E-state index in [2.05, 4.69) is 30.8 Å². The van der Waals surface area contributed by atoms with Gasteiger partial charge in [-0.15, -0.1) is 0 Å². The summed E-state index contributed by atoms with van der Waals surface area (Å²) < 4.78 is 1.44. The minimum atomic E-state index is -0.216. The van der Waals surface area contributed by atoms with Crippen LogP contribution in [-0.2, 0) is 6.54 Å². The number of unbranched alkanes of at least 4 members (excludes halogenated alkanes) is 1. The fourth-order valence-electron chi connectivity index (χ4n) is 2.09. The first kappa shape index (κ1) is 18.0. The van der Waals surface area contributed by atoms with E-state index in [-0.39, 0.29) is 16.0 Å². The number of anilines is 1. The molecule has 1 heterocycles. The summed E-state index contributed by atoms with van der Waals surface area (Å²) >= 11 is 6.28. The third kappa shape index (κ3) is 4.71. The molecule has 0 unspecified atom stereocenters. The molecule has 0 aliphatic carbocycles. The van der Waals surface area contributed by atoms with Crippen molar-refractivity contribution in [2.45, 2.75) is 47.1 Å². The molecule has 0 atom stereocenters. The van der Waals surface area contributed by atoms with E-state index in [9.17, 15) is 4.79 Å². The monoisotopic (exact) mass is 314 g/mol. The van der Waals surface area contributed by atoms with Crippen molar-refractivity contribution in [3.8, 4) is 0 Å². The first-order valence-electron chi connectivity index (χ1n) is 7.57. The minimum absolute atomic E-state index is 0.0452. The van der Waals surface area contributed by atoms with Crippen molar-refractivity contribution in [1.29, 1.82) is 0 Å². The zero-order valence-corrected chi connectivity index (χ0v) is 14.3. The molecule has 21 heavy (non-hydrogen) atoms. The summed E-state index contributed by atoms with van der Waals surface area (Å²) in [5.41, 5.74) is 6.22. The Morgan fingerprint density at radius 1 is 1.43 bits per heavy atom. The summed E-state index contributed by atoms with van der Waals surface area (Å²) in [6.45, 7) is 11.0. The van der Waals surface area contributed by atoms with Crippen LogP contribution < -0.4 is 16.2 Å². The van der Waals surface area contributed by atoms with Crippen LogP contribution in [0.1, 0.15) is 40.5 Å². The van der Waals surface area contributed by atoms with Gasteiger partial charge in [-0.3, -0.25) is 4.79 Å². The van der Waals surface area contributed by atoms with Crippen molar-refractivity contribution >= 4 is 17.3 Å². The summed E-state index contributed by atoms with van der Waals surface area (Å²) in [6.07, 6.45) is 3.62. The van der Waals surface area contributed by atoms with E-state index in [0.29, 0.717) is 18.8 Å². The average Bonchev–Trinajstić information content (AvgIpc) is 2.47. The molecular formula is C15H27ClN4O. The van der Waals surface area contributed by atoms with Gasteiger partial charge in [-0.1, -0.05) is 38.8 Å². The Balaban J connectivity index is 3.06. The molecule has 0 saturated carbocycles. The molecule has 0 amide bonds. The molecule has 0 aliphatic heterocycles. The van der Waals surface area contributed by atoms with Crippen molar-refractivity contribution in [1.82, 2.24) is 9.78 Å². The van der Waals surface area contributed by atoms with E-state index in [4.69, 9.17) is 17.3 Å². The highest BCUT2D eigenvalue weighted by molar-refractivity contribution is 6.33. The SMILES string of the molecule is CCCCn1ncc(N(CC)CC(C)(C)CN)c(Cl)c1=O. The summed E-state index contributed by atoms with van der Waals surface area (Å²) in [6, 6.07) is 0. The lowest BCUT2D eigenvalue weighted by Crippen LogP contribution is -2.40. The second-order valence-electron chi connectivity index (χ2n) is 6.11. The van der Waals surface area contributed by atoms with Gasteiger partial charge in [0.2, 0.25) is 0 Å². The first-order chi connectivity index (χ1) is 9.86. The molecule has 0 aromatic carbocycles. The number of hydrogen-bond acceptors (Lipinski definition) is 4. The van der Waals surface area contributed by atoms with Gasteiger partial charge in [-0.25, -0.2) is 4.68 Å². The summed E-state index contributed by atoms with van der Waals surface area (Å²) in [4.78, 5) is 14.3. The zero-order chi connectivity index (χ0) is 16.0. The number of halogens is 1.